The minimum Gasteiger partial charge on any atom is -0.298 e. The van der Waals surface area contributed by atoms with Crippen molar-refractivity contribution < 1.29 is 4.79 Å². The van der Waals surface area contributed by atoms with Crippen molar-refractivity contribution in [3.8, 4) is 21.7 Å². The van der Waals surface area contributed by atoms with Gasteiger partial charge in [0.25, 0.3) is 5.91 Å². The number of aromatic nitrogens is 1. The van der Waals surface area contributed by atoms with E-state index in [1.54, 1.807) is 24.3 Å². The quantitative estimate of drug-likeness (QED) is 0.439. The van der Waals surface area contributed by atoms with E-state index in [0.29, 0.717) is 15.7 Å². The second kappa shape index (κ2) is 7.74. The number of thiazole rings is 1. The molecule has 0 aliphatic rings. The number of nitrogens with one attached hydrogen (secondary N) is 1. The Balaban J connectivity index is 1.72. The fourth-order valence-electron chi connectivity index (χ4n) is 2.75. The number of rotatable bonds is 4. The molecule has 0 unspecified atom stereocenters. The summed E-state index contributed by atoms with van der Waals surface area (Å²) in [5, 5.41) is 3.97. The first-order valence-corrected chi connectivity index (χ1v) is 9.59. The molecule has 0 spiro atoms. The first kappa shape index (κ1) is 17.5. The Hall–Kier alpha value is -2.95. The predicted octanol–water partition coefficient (Wildman–Crippen LogP) is 6.38. The Morgan fingerprint density at radius 1 is 0.852 bits per heavy atom. The topological polar surface area (TPSA) is 42.0 Å². The Bertz CT molecular complexity index is 1020. The van der Waals surface area contributed by atoms with Crippen molar-refractivity contribution in [3.05, 3.63) is 95.5 Å². The lowest BCUT2D eigenvalue weighted by Gasteiger charge is -2.02. The van der Waals surface area contributed by atoms with Crippen LogP contribution in [-0.4, -0.2) is 10.9 Å². The highest BCUT2D eigenvalue weighted by Gasteiger charge is 2.17. The van der Waals surface area contributed by atoms with Gasteiger partial charge in [0, 0.05) is 16.1 Å². The number of benzene rings is 3. The summed E-state index contributed by atoms with van der Waals surface area (Å²) in [6.07, 6.45) is 0. The van der Waals surface area contributed by atoms with Crippen LogP contribution in [0.1, 0.15) is 10.4 Å². The predicted molar refractivity (Wildman–Crippen MR) is 112 cm³/mol. The molecule has 3 aromatic carbocycles. The summed E-state index contributed by atoms with van der Waals surface area (Å²) >= 11 is 7.45. The van der Waals surface area contributed by atoms with Crippen LogP contribution in [-0.2, 0) is 0 Å². The number of amides is 1. The number of hydrogen-bond acceptors (Lipinski definition) is 3. The molecule has 0 saturated heterocycles. The molecule has 4 aromatic rings. The van der Waals surface area contributed by atoms with Crippen LogP contribution in [0.5, 0.6) is 0 Å². The Morgan fingerprint density at radius 3 is 2.19 bits per heavy atom. The summed E-state index contributed by atoms with van der Waals surface area (Å²) in [6.45, 7) is 0. The average molecular weight is 391 g/mol. The Kier molecular flexibility index (Phi) is 5.01. The molecular formula is C22H15ClN2OS. The number of anilines is 1. The van der Waals surface area contributed by atoms with Gasteiger partial charge in [0.15, 0.2) is 5.13 Å². The normalized spacial score (nSPS) is 10.6. The van der Waals surface area contributed by atoms with E-state index in [2.05, 4.69) is 5.32 Å². The maximum absolute atomic E-state index is 12.6. The smallest absolute Gasteiger partial charge is 0.257 e. The van der Waals surface area contributed by atoms with Crippen molar-refractivity contribution in [1.29, 1.82) is 0 Å². The Morgan fingerprint density at radius 2 is 1.52 bits per heavy atom. The van der Waals surface area contributed by atoms with E-state index in [9.17, 15) is 4.79 Å². The van der Waals surface area contributed by atoms with Gasteiger partial charge in [0.1, 0.15) is 0 Å². The molecule has 0 saturated carbocycles. The number of carbonyl (C=O) groups excluding carboxylic acids is 1. The van der Waals surface area contributed by atoms with Gasteiger partial charge in [0.05, 0.1) is 10.6 Å². The monoisotopic (exact) mass is 390 g/mol. The van der Waals surface area contributed by atoms with E-state index in [1.807, 2.05) is 60.7 Å². The maximum Gasteiger partial charge on any atom is 0.257 e. The van der Waals surface area contributed by atoms with Gasteiger partial charge >= 0.3 is 0 Å². The van der Waals surface area contributed by atoms with Crippen molar-refractivity contribution in [3.63, 3.8) is 0 Å². The van der Waals surface area contributed by atoms with Crippen molar-refractivity contribution >= 4 is 34.0 Å². The highest BCUT2D eigenvalue weighted by Crippen LogP contribution is 2.39. The second-order valence-electron chi connectivity index (χ2n) is 5.89. The third kappa shape index (κ3) is 3.92. The standard InChI is InChI=1S/C22H15ClN2OS/c23-18-13-7-12-17(14-18)21(26)25-22-24-19(15-8-3-1-4-9-15)20(27-22)16-10-5-2-6-11-16/h1-14H,(H,24,25,26). The second-order valence-corrected chi connectivity index (χ2v) is 7.33. The number of nitrogens with zero attached hydrogens (tertiary/aromatic N) is 1. The summed E-state index contributed by atoms with van der Waals surface area (Å²) in [5.41, 5.74) is 3.43. The van der Waals surface area contributed by atoms with Crippen LogP contribution in [0.15, 0.2) is 84.9 Å². The molecule has 1 heterocycles. The molecule has 1 N–H and O–H groups in total. The van der Waals surface area contributed by atoms with E-state index in [-0.39, 0.29) is 5.91 Å². The summed E-state index contributed by atoms with van der Waals surface area (Å²) < 4.78 is 0. The van der Waals surface area contributed by atoms with Gasteiger partial charge in [-0.1, -0.05) is 89.7 Å². The van der Waals surface area contributed by atoms with Crippen LogP contribution in [0.3, 0.4) is 0 Å². The van der Waals surface area contributed by atoms with E-state index in [0.717, 1.165) is 21.7 Å². The van der Waals surface area contributed by atoms with E-state index < -0.39 is 0 Å². The van der Waals surface area contributed by atoms with Crippen LogP contribution in [0.4, 0.5) is 5.13 Å². The molecule has 0 aliphatic carbocycles. The number of hydrogen-bond donors (Lipinski definition) is 1. The molecule has 3 nitrogen and oxygen atoms in total. The van der Waals surface area contributed by atoms with Crippen molar-refractivity contribution in [2.45, 2.75) is 0 Å². The third-order valence-electron chi connectivity index (χ3n) is 4.02. The summed E-state index contributed by atoms with van der Waals surface area (Å²) in [5.74, 6) is -0.231. The Labute approximate surface area is 166 Å². The fourth-order valence-corrected chi connectivity index (χ4v) is 3.93. The molecule has 0 fully saturated rings. The van der Waals surface area contributed by atoms with Crippen molar-refractivity contribution in [2.24, 2.45) is 0 Å². The van der Waals surface area contributed by atoms with Crippen LogP contribution in [0.25, 0.3) is 21.7 Å². The van der Waals surface area contributed by atoms with Gasteiger partial charge in [0.2, 0.25) is 0 Å². The van der Waals surface area contributed by atoms with Gasteiger partial charge < -0.3 is 0 Å². The highest BCUT2D eigenvalue weighted by molar-refractivity contribution is 7.19. The molecule has 0 radical (unpaired) electrons. The number of carbonyl (C=O) groups is 1. The zero-order valence-electron chi connectivity index (χ0n) is 14.2. The van der Waals surface area contributed by atoms with Crippen molar-refractivity contribution in [1.82, 2.24) is 4.98 Å². The average Bonchev–Trinajstić information content (AvgIpc) is 3.13. The van der Waals surface area contributed by atoms with E-state index in [1.165, 1.54) is 11.3 Å². The molecule has 1 aromatic heterocycles. The molecule has 0 atom stereocenters. The SMILES string of the molecule is O=C(Nc1nc(-c2ccccc2)c(-c2ccccc2)s1)c1cccc(Cl)c1. The molecular weight excluding hydrogens is 376 g/mol. The first-order valence-electron chi connectivity index (χ1n) is 8.39. The van der Waals surface area contributed by atoms with Crippen LogP contribution in [0, 0.1) is 0 Å². The largest absolute Gasteiger partial charge is 0.298 e. The van der Waals surface area contributed by atoms with Gasteiger partial charge in [-0.05, 0) is 23.8 Å². The van der Waals surface area contributed by atoms with Crippen LogP contribution in [0.2, 0.25) is 5.02 Å². The zero-order valence-corrected chi connectivity index (χ0v) is 15.8. The minimum atomic E-state index is -0.231. The highest BCUT2D eigenvalue weighted by atomic mass is 35.5. The molecule has 5 heteroatoms. The zero-order chi connectivity index (χ0) is 18.6. The molecule has 132 valence electrons. The minimum absolute atomic E-state index is 0.231. The van der Waals surface area contributed by atoms with Crippen LogP contribution < -0.4 is 5.32 Å². The molecule has 4 rings (SSSR count). The third-order valence-corrected chi connectivity index (χ3v) is 5.27. The summed E-state index contributed by atoms with van der Waals surface area (Å²) in [4.78, 5) is 18.3. The van der Waals surface area contributed by atoms with Crippen molar-refractivity contribution in [2.75, 3.05) is 5.32 Å². The summed E-state index contributed by atoms with van der Waals surface area (Å²) in [7, 11) is 0. The van der Waals surface area contributed by atoms with Crippen LogP contribution >= 0.6 is 22.9 Å². The van der Waals surface area contributed by atoms with Gasteiger partial charge in [-0.15, -0.1) is 0 Å². The lowest BCUT2D eigenvalue weighted by molar-refractivity contribution is 0.102. The maximum atomic E-state index is 12.6. The van der Waals surface area contributed by atoms with Gasteiger partial charge in [-0.3, -0.25) is 10.1 Å². The van der Waals surface area contributed by atoms with E-state index in [4.69, 9.17) is 16.6 Å². The van der Waals surface area contributed by atoms with Gasteiger partial charge in [-0.2, -0.15) is 0 Å². The van der Waals surface area contributed by atoms with E-state index >= 15 is 0 Å². The first-order chi connectivity index (χ1) is 13.2. The van der Waals surface area contributed by atoms with Gasteiger partial charge in [-0.25, -0.2) is 4.98 Å². The molecule has 0 bridgehead atoms. The number of halogens is 1. The molecule has 0 aliphatic heterocycles. The molecule has 27 heavy (non-hydrogen) atoms. The molecule has 1 amide bonds. The lowest BCUT2D eigenvalue weighted by atomic mass is 10.1. The lowest BCUT2D eigenvalue weighted by Crippen LogP contribution is -2.11. The fraction of sp³-hybridized carbons (Fsp3) is 0. The summed E-state index contributed by atoms with van der Waals surface area (Å²) in [6, 6.07) is 26.9.